The second kappa shape index (κ2) is 3.89. The molecule has 2 aromatic rings. The minimum Gasteiger partial charge on any atom is -0.307 e. The highest BCUT2D eigenvalue weighted by Crippen LogP contribution is 2.19. The van der Waals surface area contributed by atoms with Crippen LogP contribution >= 0.6 is 0 Å². The third-order valence-corrected chi connectivity index (χ3v) is 2.32. The van der Waals surface area contributed by atoms with Gasteiger partial charge in [0.05, 0.1) is 0 Å². The topological polar surface area (TPSA) is 45.8 Å². The molecule has 82 valence electrons. The van der Waals surface area contributed by atoms with Gasteiger partial charge in [-0.1, -0.05) is 6.07 Å². The second-order valence-electron chi connectivity index (χ2n) is 3.69. The zero-order valence-corrected chi connectivity index (χ0v) is 9.04. The number of hydrogen-bond donors (Lipinski definition) is 1. The predicted molar refractivity (Wildman–Crippen MR) is 59.7 cm³/mol. The summed E-state index contributed by atoms with van der Waals surface area (Å²) in [6, 6.07) is 5.81. The first-order valence-corrected chi connectivity index (χ1v) is 4.91. The maximum absolute atomic E-state index is 13.1. The van der Waals surface area contributed by atoms with E-state index in [0.29, 0.717) is 17.1 Å². The summed E-state index contributed by atoms with van der Waals surface area (Å²) in [6.07, 6.45) is 0. The van der Waals surface area contributed by atoms with Gasteiger partial charge in [0.15, 0.2) is 0 Å². The second-order valence-corrected chi connectivity index (χ2v) is 3.69. The fraction of sp³-hybridized carbons (Fsp3) is 0.167. The summed E-state index contributed by atoms with van der Waals surface area (Å²) in [5.74, 6) is 0.0618. The molecule has 1 N–H and O–H groups in total. The summed E-state index contributed by atoms with van der Waals surface area (Å²) in [5, 5.41) is 0. The predicted octanol–water partition coefficient (Wildman–Crippen LogP) is 2.19. The Bertz CT molecular complexity index is 590. The molecule has 0 atom stereocenters. The molecule has 16 heavy (non-hydrogen) atoms. The van der Waals surface area contributed by atoms with Crippen molar-refractivity contribution in [1.29, 1.82) is 0 Å². The number of nitrogens with one attached hydrogen (secondary N) is 1. The van der Waals surface area contributed by atoms with Gasteiger partial charge in [-0.3, -0.25) is 4.79 Å². The van der Waals surface area contributed by atoms with Crippen LogP contribution in [0.15, 0.2) is 29.1 Å². The third kappa shape index (κ3) is 2.00. The van der Waals surface area contributed by atoms with Crippen LogP contribution in [0.3, 0.4) is 0 Å². The summed E-state index contributed by atoms with van der Waals surface area (Å²) in [4.78, 5) is 18.1. The lowest BCUT2D eigenvalue weighted by Crippen LogP contribution is -2.09. The van der Waals surface area contributed by atoms with Crippen molar-refractivity contribution in [2.75, 3.05) is 0 Å². The molecule has 2 rings (SSSR count). The normalized spacial score (nSPS) is 10.4. The molecule has 0 bridgehead atoms. The van der Waals surface area contributed by atoms with E-state index in [1.54, 1.807) is 13.0 Å². The van der Waals surface area contributed by atoms with E-state index >= 15 is 0 Å². The smallest absolute Gasteiger partial charge is 0.251 e. The first kappa shape index (κ1) is 10.5. The van der Waals surface area contributed by atoms with Gasteiger partial charge in [-0.2, -0.15) is 0 Å². The van der Waals surface area contributed by atoms with Crippen LogP contribution in [0.25, 0.3) is 11.4 Å². The summed E-state index contributed by atoms with van der Waals surface area (Å²) < 4.78 is 13.1. The minimum atomic E-state index is -0.343. The number of aryl methyl sites for hydroxylation is 2. The molecule has 0 aliphatic heterocycles. The van der Waals surface area contributed by atoms with Crippen LogP contribution in [-0.2, 0) is 0 Å². The fourth-order valence-corrected chi connectivity index (χ4v) is 1.56. The number of nitrogens with zero attached hydrogens (tertiary/aromatic N) is 1. The van der Waals surface area contributed by atoms with E-state index in [9.17, 15) is 9.18 Å². The summed E-state index contributed by atoms with van der Waals surface area (Å²) in [6.45, 7) is 3.57. The van der Waals surface area contributed by atoms with E-state index < -0.39 is 0 Å². The highest BCUT2D eigenvalue weighted by atomic mass is 19.1. The Kier molecular flexibility index (Phi) is 2.56. The van der Waals surface area contributed by atoms with Gasteiger partial charge in [0.1, 0.15) is 11.6 Å². The maximum atomic E-state index is 13.1. The number of aromatic amines is 1. The average Bonchev–Trinajstić information content (AvgIpc) is 2.20. The maximum Gasteiger partial charge on any atom is 0.251 e. The Morgan fingerprint density at radius 1 is 1.25 bits per heavy atom. The quantitative estimate of drug-likeness (QED) is 0.797. The molecule has 0 spiro atoms. The number of benzene rings is 1. The molecule has 0 aliphatic carbocycles. The van der Waals surface area contributed by atoms with E-state index in [2.05, 4.69) is 9.97 Å². The van der Waals surface area contributed by atoms with Gasteiger partial charge < -0.3 is 4.98 Å². The molecule has 0 amide bonds. The molecule has 1 aromatic carbocycles. The summed E-state index contributed by atoms with van der Waals surface area (Å²) in [5.41, 5.74) is 1.87. The van der Waals surface area contributed by atoms with Crippen molar-refractivity contribution < 1.29 is 4.39 Å². The fourth-order valence-electron chi connectivity index (χ4n) is 1.56. The van der Waals surface area contributed by atoms with Gasteiger partial charge in [-0.25, -0.2) is 9.37 Å². The van der Waals surface area contributed by atoms with Crippen molar-refractivity contribution in [2.24, 2.45) is 0 Å². The minimum absolute atomic E-state index is 0.230. The largest absolute Gasteiger partial charge is 0.307 e. The molecule has 3 nitrogen and oxygen atoms in total. The van der Waals surface area contributed by atoms with Crippen molar-refractivity contribution in [2.45, 2.75) is 13.8 Å². The molecule has 0 fully saturated rings. The molecule has 0 radical (unpaired) electrons. The Hall–Kier alpha value is -1.97. The van der Waals surface area contributed by atoms with Crippen LogP contribution in [0.2, 0.25) is 0 Å². The monoisotopic (exact) mass is 218 g/mol. The SMILES string of the molecule is Cc1cc(=O)[nH]c(-c2cc(F)ccc2C)n1. The Labute approximate surface area is 92.0 Å². The first-order valence-electron chi connectivity index (χ1n) is 4.91. The number of halogens is 1. The van der Waals surface area contributed by atoms with Gasteiger partial charge in [-0.05, 0) is 31.5 Å². The van der Waals surface area contributed by atoms with Crippen molar-refractivity contribution in [3.63, 3.8) is 0 Å². The van der Waals surface area contributed by atoms with E-state index in [1.165, 1.54) is 18.2 Å². The molecule has 1 aromatic heterocycles. The number of rotatable bonds is 1. The van der Waals surface area contributed by atoms with Gasteiger partial charge >= 0.3 is 0 Å². The highest BCUT2D eigenvalue weighted by Gasteiger charge is 2.06. The van der Waals surface area contributed by atoms with Gasteiger partial charge in [0, 0.05) is 17.3 Å². The lowest BCUT2D eigenvalue weighted by molar-refractivity contribution is 0.627. The van der Waals surface area contributed by atoms with Crippen molar-refractivity contribution in [1.82, 2.24) is 9.97 Å². The number of hydrogen-bond acceptors (Lipinski definition) is 2. The molecule has 0 unspecified atom stereocenters. The lowest BCUT2D eigenvalue weighted by atomic mass is 10.1. The van der Waals surface area contributed by atoms with Crippen LogP contribution in [0.1, 0.15) is 11.3 Å². The van der Waals surface area contributed by atoms with Crippen LogP contribution in [0.4, 0.5) is 4.39 Å². The van der Waals surface area contributed by atoms with E-state index in [4.69, 9.17) is 0 Å². The zero-order valence-electron chi connectivity index (χ0n) is 9.04. The molecule has 1 heterocycles. The Morgan fingerprint density at radius 3 is 2.69 bits per heavy atom. The van der Waals surface area contributed by atoms with Gasteiger partial charge in [0.25, 0.3) is 5.56 Å². The number of H-pyrrole nitrogens is 1. The number of aromatic nitrogens is 2. The highest BCUT2D eigenvalue weighted by molar-refractivity contribution is 5.59. The zero-order chi connectivity index (χ0) is 11.7. The van der Waals surface area contributed by atoms with Gasteiger partial charge in [0.2, 0.25) is 0 Å². The van der Waals surface area contributed by atoms with E-state index in [1.807, 2.05) is 6.92 Å². The van der Waals surface area contributed by atoms with Crippen molar-refractivity contribution >= 4 is 0 Å². The molecular weight excluding hydrogens is 207 g/mol. The van der Waals surface area contributed by atoms with E-state index in [0.717, 1.165) is 5.56 Å². The van der Waals surface area contributed by atoms with Crippen molar-refractivity contribution in [3.8, 4) is 11.4 Å². The van der Waals surface area contributed by atoms with E-state index in [-0.39, 0.29) is 11.4 Å². The van der Waals surface area contributed by atoms with Crippen molar-refractivity contribution in [3.05, 3.63) is 51.7 Å². The van der Waals surface area contributed by atoms with Crippen LogP contribution < -0.4 is 5.56 Å². The Balaban J connectivity index is 2.66. The molecular formula is C12H11FN2O. The molecule has 0 saturated heterocycles. The molecule has 0 saturated carbocycles. The first-order chi connectivity index (χ1) is 7.56. The van der Waals surface area contributed by atoms with Gasteiger partial charge in [-0.15, -0.1) is 0 Å². The Morgan fingerprint density at radius 2 is 2.00 bits per heavy atom. The van der Waals surface area contributed by atoms with Crippen LogP contribution in [-0.4, -0.2) is 9.97 Å². The standard InChI is InChI=1S/C12H11FN2O/c1-7-3-4-9(13)6-10(7)12-14-8(2)5-11(16)15-12/h3-6H,1-2H3,(H,14,15,16). The summed E-state index contributed by atoms with van der Waals surface area (Å²) >= 11 is 0. The van der Waals surface area contributed by atoms with Crippen LogP contribution in [0, 0.1) is 19.7 Å². The molecule has 0 aliphatic rings. The third-order valence-electron chi connectivity index (χ3n) is 2.32. The van der Waals surface area contributed by atoms with Crippen LogP contribution in [0.5, 0.6) is 0 Å². The molecule has 4 heteroatoms. The summed E-state index contributed by atoms with van der Waals surface area (Å²) in [7, 11) is 0. The average molecular weight is 218 g/mol. The lowest BCUT2D eigenvalue weighted by Gasteiger charge is -2.05.